The molecule has 0 spiro atoms. The summed E-state index contributed by atoms with van der Waals surface area (Å²) in [6.07, 6.45) is 13.3. The highest BCUT2D eigenvalue weighted by Crippen LogP contribution is 2.05. The molecule has 0 aromatic carbocycles. The van der Waals surface area contributed by atoms with Crippen LogP contribution in [-0.2, 0) is 0 Å². The first kappa shape index (κ1) is 12.8. The van der Waals surface area contributed by atoms with Crippen LogP contribution in [0.2, 0.25) is 0 Å². The van der Waals surface area contributed by atoms with E-state index in [1.807, 2.05) is 0 Å². The lowest BCUT2D eigenvalue weighted by Crippen LogP contribution is -1.75. The Labute approximate surface area is 90.9 Å². The zero-order chi connectivity index (χ0) is 9.78. The lowest BCUT2D eigenvalue weighted by atomic mass is 10.1. The zero-order valence-corrected chi connectivity index (χ0v) is 10.1. The van der Waals surface area contributed by atoms with E-state index < -0.39 is 0 Å². The summed E-state index contributed by atoms with van der Waals surface area (Å²) in [5.41, 5.74) is 0. The van der Waals surface area contributed by atoms with Crippen molar-refractivity contribution in [2.75, 3.05) is 0 Å². The Kier molecular flexibility index (Phi) is 11.6. The normalized spacial score (nSPS) is 10.0. The lowest BCUT2D eigenvalue weighted by molar-refractivity contribution is 0.637. The summed E-state index contributed by atoms with van der Waals surface area (Å²) in [5, 5.41) is 0. The maximum Gasteiger partial charge on any atom is 0.0278 e. The van der Waals surface area contributed by atoms with Gasteiger partial charge in [0, 0.05) is 22.4 Å². The number of halogens is 1. The van der Waals surface area contributed by atoms with Crippen LogP contribution in [0.25, 0.3) is 0 Å². The molecule has 74 valence electrons. The SMILES string of the molecule is CCCCCCC/C=C\CC#CBr. The molecule has 0 nitrogen and oxygen atoms in total. The van der Waals surface area contributed by atoms with Gasteiger partial charge in [0.1, 0.15) is 0 Å². The topological polar surface area (TPSA) is 0 Å². The molecule has 0 heterocycles. The number of unbranched alkanes of at least 4 members (excludes halogenated alkanes) is 5. The molecule has 0 radical (unpaired) electrons. The van der Waals surface area contributed by atoms with E-state index in [4.69, 9.17) is 0 Å². The van der Waals surface area contributed by atoms with Crippen molar-refractivity contribution in [3.63, 3.8) is 0 Å². The van der Waals surface area contributed by atoms with E-state index in [1.54, 1.807) is 0 Å². The second-order valence-corrected chi connectivity index (χ2v) is 3.55. The van der Waals surface area contributed by atoms with Gasteiger partial charge < -0.3 is 0 Å². The highest BCUT2D eigenvalue weighted by molar-refractivity contribution is 9.12. The summed E-state index contributed by atoms with van der Waals surface area (Å²) in [6.45, 7) is 2.25. The molecule has 0 bridgehead atoms. The van der Waals surface area contributed by atoms with Gasteiger partial charge in [0.25, 0.3) is 0 Å². The highest BCUT2D eigenvalue weighted by Gasteiger charge is 1.85. The third kappa shape index (κ3) is 11.8. The molecule has 0 aromatic heterocycles. The fourth-order valence-electron chi connectivity index (χ4n) is 1.16. The van der Waals surface area contributed by atoms with Crippen LogP contribution in [-0.4, -0.2) is 0 Å². The average Bonchev–Trinajstić information content (AvgIpc) is 2.16. The molecule has 0 saturated heterocycles. The molecular formula is C12H19Br. The number of allylic oxidation sites excluding steroid dienone is 2. The first-order chi connectivity index (χ1) is 6.41. The summed E-state index contributed by atoms with van der Waals surface area (Å²) in [5.74, 6) is 2.94. The van der Waals surface area contributed by atoms with Gasteiger partial charge in [-0.05, 0) is 17.7 Å². The summed E-state index contributed by atoms with van der Waals surface area (Å²) in [7, 11) is 0. The van der Waals surface area contributed by atoms with E-state index in [9.17, 15) is 0 Å². The zero-order valence-electron chi connectivity index (χ0n) is 8.48. The first-order valence-corrected chi connectivity index (χ1v) is 5.94. The molecule has 0 fully saturated rings. The van der Waals surface area contributed by atoms with Gasteiger partial charge in [-0.3, -0.25) is 0 Å². The second kappa shape index (κ2) is 11.8. The van der Waals surface area contributed by atoms with Gasteiger partial charge in [-0.15, -0.1) is 0 Å². The third-order valence-electron chi connectivity index (χ3n) is 1.93. The smallest absolute Gasteiger partial charge is 0.0278 e. The fraction of sp³-hybridized carbons (Fsp3) is 0.667. The largest absolute Gasteiger partial charge is 0.0876 e. The predicted molar refractivity (Wildman–Crippen MR) is 63.8 cm³/mol. The molecule has 0 aliphatic rings. The van der Waals surface area contributed by atoms with Gasteiger partial charge in [0.15, 0.2) is 0 Å². The maximum absolute atomic E-state index is 3.07. The number of rotatable bonds is 7. The summed E-state index contributed by atoms with van der Waals surface area (Å²) in [6, 6.07) is 0. The van der Waals surface area contributed by atoms with Gasteiger partial charge in [0.2, 0.25) is 0 Å². The molecule has 0 aliphatic heterocycles. The minimum atomic E-state index is 0.875. The second-order valence-electron chi connectivity index (χ2n) is 3.15. The van der Waals surface area contributed by atoms with Crippen molar-refractivity contribution in [3.05, 3.63) is 12.2 Å². The van der Waals surface area contributed by atoms with E-state index in [2.05, 4.69) is 45.8 Å². The minimum Gasteiger partial charge on any atom is -0.0876 e. The Hall–Kier alpha value is -0.220. The first-order valence-electron chi connectivity index (χ1n) is 5.15. The van der Waals surface area contributed by atoms with Crippen molar-refractivity contribution in [2.24, 2.45) is 0 Å². The molecule has 0 aliphatic carbocycles. The van der Waals surface area contributed by atoms with Crippen LogP contribution in [0.3, 0.4) is 0 Å². The Bertz CT molecular complexity index is 171. The van der Waals surface area contributed by atoms with Crippen LogP contribution in [0, 0.1) is 10.8 Å². The van der Waals surface area contributed by atoms with Crippen LogP contribution < -0.4 is 0 Å². The van der Waals surface area contributed by atoms with Crippen molar-refractivity contribution >= 4 is 15.9 Å². The lowest BCUT2D eigenvalue weighted by Gasteiger charge is -1.95. The van der Waals surface area contributed by atoms with Crippen LogP contribution in [0.5, 0.6) is 0 Å². The number of hydrogen-bond acceptors (Lipinski definition) is 0. The van der Waals surface area contributed by atoms with E-state index in [0.717, 1.165) is 6.42 Å². The van der Waals surface area contributed by atoms with Crippen molar-refractivity contribution in [1.82, 2.24) is 0 Å². The molecule has 0 unspecified atom stereocenters. The molecule has 0 aromatic rings. The molecule has 0 rings (SSSR count). The quantitative estimate of drug-likeness (QED) is 0.347. The van der Waals surface area contributed by atoms with Gasteiger partial charge >= 0.3 is 0 Å². The molecule has 0 N–H and O–H groups in total. The van der Waals surface area contributed by atoms with Crippen molar-refractivity contribution in [3.8, 4) is 10.8 Å². The van der Waals surface area contributed by atoms with E-state index in [0.29, 0.717) is 0 Å². The van der Waals surface area contributed by atoms with Crippen LogP contribution in [0.1, 0.15) is 51.9 Å². The minimum absolute atomic E-state index is 0.875. The van der Waals surface area contributed by atoms with Gasteiger partial charge in [-0.2, -0.15) is 0 Å². The standard InChI is InChI=1S/C12H19Br/c1-2-3-4-5-6-7-8-9-10-11-12-13/h8-9H,2-7,10H2,1H3/b9-8-. The monoisotopic (exact) mass is 242 g/mol. The van der Waals surface area contributed by atoms with Gasteiger partial charge in [-0.25, -0.2) is 0 Å². The summed E-state index contributed by atoms with van der Waals surface area (Å²) < 4.78 is 0. The van der Waals surface area contributed by atoms with E-state index >= 15 is 0 Å². The molecule has 0 amide bonds. The molecular weight excluding hydrogens is 224 g/mol. The summed E-state index contributed by atoms with van der Waals surface area (Å²) in [4.78, 5) is 2.70. The molecule has 13 heavy (non-hydrogen) atoms. The summed E-state index contributed by atoms with van der Waals surface area (Å²) >= 11 is 3.07. The maximum atomic E-state index is 3.07. The van der Waals surface area contributed by atoms with E-state index in [1.165, 1.54) is 38.5 Å². The Morgan fingerprint density at radius 3 is 2.54 bits per heavy atom. The molecule has 1 heteroatoms. The van der Waals surface area contributed by atoms with Gasteiger partial charge in [-0.1, -0.05) is 50.7 Å². The number of hydrogen-bond donors (Lipinski definition) is 0. The Balaban J connectivity index is 3.05. The van der Waals surface area contributed by atoms with E-state index in [-0.39, 0.29) is 0 Å². The average molecular weight is 243 g/mol. The highest BCUT2D eigenvalue weighted by atomic mass is 79.9. The Morgan fingerprint density at radius 2 is 1.85 bits per heavy atom. The van der Waals surface area contributed by atoms with Crippen molar-refractivity contribution < 1.29 is 0 Å². The van der Waals surface area contributed by atoms with Gasteiger partial charge in [0.05, 0.1) is 0 Å². The molecule has 0 saturated carbocycles. The Morgan fingerprint density at radius 1 is 1.08 bits per heavy atom. The van der Waals surface area contributed by atoms with Crippen LogP contribution in [0.15, 0.2) is 12.2 Å². The van der Waals surface area contributed by atoms with Crippen molar-refractivity contribution in [1.29, 1.82) is 0 Å². The van der Waals surface area contributed by atoms with Crippen LogP contribution >= 0.6 is 15.9 Å². The van der Waals surface area contributed by atoms with Crippen molar-refractivity contribution in [2.45, 2.75) is 51.9 Å². The molecule has 0 atom stereocenters. The fourth-order valence-corrected chi connectivity index (χ4v) is 1.33. The third-order valence-corrected chi connectivity index (χ3v) is 2.21. The van der Waals surface area contributed by atoms with Crippen LogP contribution in [0.4, 0.5) is 0 Å². The predicted octanol–water partition coefficient (Wildman–Crippen LogP) is 4.65.